The van der Waals surface area contributed by atoms with Crippen molar-refractivity contribution < 1.29 is 0 Å². The number of fused-ring (bicyclic) bond motifs is 11. The first-order valence-corrected chi connectivity index (χ1v) is 20.1. The van der Waals surface area contributed by atoms with Crippen molar-refractivity contribution in [1.82, 2.24) is 19.1 Å². The van der Waals surface area contributed by atoms with Crippen molar-refractivity contribution in [2.45, 2.75) is 9.79 Å². The summed E-state index contributed by atoms with van der Waals surface area (Å²) in [6.07, 6.45) is 0. The molecule has 0 spiro atoms. The second-order valence-corrected chi connectivity index (χ2v) is 16.1. The standard InChI is InChI=1S/C52H30N4S/c1-2-12-33-28-36(24-20-31(33)10-1)55-44-26-23-34(29-41(44)49-37-13-4-3-11-32(37)22-27-45(49)55)35-21-25-39-38-14-5-7-17-43(38)56(46(39)30-35)52-53-42-16-9-19-48-50(42)51(54-52)40-15-6-8-18-47(40)57-48/h1-30H. The van der Waals surface area contributed by atoms with Crippen LogP contribution in [-0.4, -0.2) is 19.1 Å². The zero-order chi connectivity index (χ0) is 37.2. The molecule has 0 aliphatic carbocycles. The van der Waals surface area contributed by atoms with Crippen molar-refractivity contribution in [3.05, 3.63) is 182 Å². The minimum absolute atomic E-state index is 0.681. The SMILES string of the molecule is c1ccc2c(c1)Sc1cccc3nc(-n4c5ccccc5c5ccc(-c6ccc7c(c6)c6c8ccccc8ccc6n7-c6ccc7ccccc7c6)cc54)nc-2c13. The minimum Gasteiger partial charge on any atom is -0.309 e. The predicted molar refractivity (Wildman–Crippen MR) is 238 cm³/mol. The van der Waals surface area contributed by atoms with Crippen LogP contribution >= 0.6 is 11.8 Å². The first-order valence-electron chi connectivity index (χ1n) is 19.3. The second kappa shape index (κ2) is 11.7. The van der Waals surface area contributed by atoms with Crippen LogP contribution < -0.4 is 0 Å². The molecule has 4 heterocycles. The van der Waals surface area contributed by atoms with E-state index < -0.39 is 0 Å². The van der Waals surface area contributed by atoms with Crippen LogP contribution in [0.5, 0.6) is 0 Å². The summed E-state index contributed by atoms with van der Waals surface area (Å²) in [4.78, 5) is 13.1. The Bertz CT molecular complexity index is 3690. The highest BCUT2D eigenvalue weighted by molar-refractivity contribution is 7.99. The highest BCUT2D eigenvalue weighted by Gasteiger charge is 2.24. The lowest BCUT2D eigenvalue weighted by Gasteiger charge is -2.20. The van der Waals surface area contributed by atoms with Gasteiger partial charge in [-0.2, -0.15) is 0 Å². The van der Waals surface area contributed by atoms with Gasteiger partial charge in [-0.05, 0) is 93.3 Å². The average molecular weight is 743 g/mol. The number of rotatable bonds is 3. The molecule has 0 saturated carbocycles. The van der Waals surface area contributed by atoms with E-state index in [2.05, 4.69) is 191 Å². The van der Waals surface area contributed by atoms with Gasteiger partial charge in [-0.1, -0.05) is 133 Å². The Kier molecular flexibility index (Phi) is 6.35. The summed E-state index contributed by atoms with van der Waals surface area (Å²) in [5.41, 5.74) is 11.1. The van der Waals surface area contributed by atoms with Crippen LogP contribution in [-0.2, 0) is 0 Å². The van der Waals surface area contributed by atoms with Gasteiger partial charge >= 0.3 is 0 Å². The second-order valence-electron chi connectivity index (χ2n) is 15.0. The molecule has 1 aliphatic heterocycles. The van der Waals surface area contributed by atoms with E-state index >= 15 is 0 Å². The van der Waals surface area contributed by atoms with Crippen LogP contribution in [0.15, 0.2) is 192 Å². The number of hydrogen-bond donors (Lipinski definition) is 0. The molecule has 0 atom stereocenters. The molecule has 0 saturated heterocycles. The maximum absolute atomic E-state index is 5.41. The summed E-state index contributed by atoms with van der Waals surface area (Å²) in [6, 6.07) is 66.1. The zero-order valence-electron chi connectivity index (χ0n) is 30.5. The molecule has 0 N–H and O–H groups in total. The number of benzene rings is 9. The van der Waals surface area contributed by atoms with Gasteiger partial charge in [0.05, 0.1) is 33.3 Å². The van der Waals surface area contributed by atoms with E-state index in [-0.39, 0.29) is 0 Å². The van der Waals surface area contributed by atoms with Gasteiger partial charge in [0.15, 0.2) is 0 Å². The largest absolute Gasteiger partial charge is 0.309 e. The molecule has 0 fully saturated rings. The third-order valence-electron chi connectivity index (χ3n) is 11.9. The third-order valence-corrected chi connectivity index (χ3v) is 13.0. The van der Waals surface area contributed by atoms with Crippen LogP contribution in [0.1, 0.15) is 0 Å². The Morgan fingerprint density at radius 3 is 2.04 bits per heavy atom. The van der Waals surface area contributed by atoms with Crippen molar-refractivity contribution in [2.24, 2.45) is 0 Å². The highest BCUT2D eigenvalue weighted by Crippen LogP contribution is 2.47. The molecule has 0 radical (unpaired) electrons. The van der Waals surface area contributed by atoms with Crippen molar-refractivity contribution in [3.8, 4) is 34.0 Å². The van der Waals surface area contributed by atoms with E-state index in [0.29, 0.717) is 5.95 Å². The molecule has 1 aliphatic rings. The summed E-state index contributed by atoms with van der Waals surface area (Å²) in [7, 11) is 0. The maximum Gasteiger partial charge on any atom is 0.235 e. The topological polar surface area (TPSA) is 35.6 Å². The summed E-state index contributed by atoms with van der Waals surface area (Å²) in [5, 5.41) is 10.9. The predicted octanol–water partition coefficient (Wildman–Crippen LogP) is 13.9. The Morgan fingerprint density at radius 1 is 0.386 bits per heavy atom. The van der Waals surface area contributed by atoms with E-state index in [1.54, 1.807) is 11.8 Å². The fraction of sp³-hybridized carbons (Fsp3) is 0. The zero-order valence-corrected chi connectivity index (χ0v) is 31.3. The normalized spacial score (nSPS) is 12.5. The lowest BCUT2D eigenvalue weighted by molar-refractivity contribution is 1.01. The van der Waals surface area contributed by atoms with Crippen LogP contribution in [0, 0.1) is 0 Å². The van der Waals surface area contributed by atoms with Gasteiger partial charge in [-0.15, -0.1) is 0 Å². The Hall–Kier alpha value is -7.21. The maximum atomic E-state index is 5.41. The smallest absolute Gasteiger partial charge is 0.235 e. The molecule has 264 valence electrons. The van der Waals surface area contributed by atoms with Crippen LogP contribution in [0.4, 0.5) is 0 Å². The molecule has 3 aromatic heterocycles. The van der Waals surface area contributed by atoms with E-state index in [0.717, 1.165) is 50.0 Å². The van der Waals surface area contributed by atoms with Crippen molar-refractivity contribution >= 4 is 87.8 Å². The molecule has 13 rings (SSSR count). The molecular weight excluding hydrogens is 713 g/mol. The minimum atomic E-state index is 0.681. The fourth-order valence-corrected chi connectivity index (χ4v) is 10.4. The molecule has 9 aromatic carbocycles. The summed E-state index contributed by atoms with van der Waals surface area (Å²) in [6.45, 7) is 0. The fourth-order valence-electron chi connectivity index (χ4n) is 9.32. The highest BCUT2D eigenvalue weighted by atomic mass is 32.2. The monoisotopic (exact) mass is 742 g/mol. The average Bonchev–Trinajstić information content (AvgIpc) is 3.78. The van der Waals surface area contributed by atoms with Crippen LogP contribution in [0.3, 0.4) is 0 Å². The Balaban J connectivity index is 1.06. The molecular formula is C52H30N4S. The number of hydrogen-bond acceptors (Lipinski definition) is 3. The first-order chi connectivity index (χ1) is 28.2. The molecule has 0 amide bonds. The van der Waals surface area contributed by atoms with E-state index in [1.165, 1.54) is 63.9 Å². The van der Waals surface area contributed by atoms with Gasteiger partial charge in [-0.25, -0.2) is 9.97 Å². The molecule has 4 nitrogen and oxygen atoms in total. The number of nitrogens with zero attached hydrogens (tertiary/aromatic N) is 4. The van der Waals surface area contributed by atoms with Gasteiger partial charge in [0.2, 0.25) is 5.95 Å². The molecule has 5 heteroatoms. The van der Waals surface area contributed by atoms with E-state index in [1.807, 2.05) is 0 Å². The third kappa shape index (κ3) is 4.46. The van der Waals surface area contributed by atoms with Crippen molar-refractivity contribution in [3.63, 3.8) is 0 Å². The number of aromatic nitrogens is 4. The van der Waals surface area contributed by atoms with Crippen molar-refractivity contribution in [1.29, 1.82) is 0 Å². The van der Waals surface area contributed by atoms with E-state index in [9.17, 15) is 0 Å². The van der Waals surface area contributed by atoms with Gasteiger partial charge in [0.25, 0.3) is 0 Å². The molecule has 57 heavy (non-hydrogen) atoms. The van der Waals surface area contributed by atoms with Gasteiger partial charge < -0.3 is 4.57 Å². The molecule has 12 aromatic rings. The molecule has 0 bridgehead atoms. The van der Waals surface area contributed by atoms with Gasteiger partial charge in [0, 0.05) is 48.0 Å². The Morgan fingerprint density at radius 2 is 1.09 bits per heavy atom. The van der Waals surface area contributed by atoms with Gasteiger partial charge in [0.1, 0.15) is 0 Å². The van der Waals surface area contributed by atoms with Gasteiger partial charge in [-0.3, -0.25) is 4.57 Å². The quantitative estimate of drug-likeness (QED) is 0.181. The van der Waals surface area contributed by atoms with Crippen LogP contribution in [0.25, 0.3) is 110 Å². The van der Waals surface area contributed by atoms with E-state index in [4.69, 9.17) is 9.97 Å². The summed E-state index contributed by atoms with van der Waals surface area (Å²) < 4.78 is 4.69. The lowest BCUT2D eigenvalue weighted by atomic mass is 9.99. The Labute approximate surface area is 331 Å². The van der Waals surface area contributed by atoms with Crippen LogP contribution in [0.2, 0.25) is 0 Å². The summed E-state index contributed by atoms with van der Waals surface area (Å²) >= 11 is 1.80. The number of para-hydroxylation sites is 1. The van der Waals surface area contributed by atoms with Crippen molar-refractivity contribution in [2.75, 3.05) is 0 Å². The lowest BCUT2D eigenvalue weighted by Crippen LogP contribution is -2.05. The summed E-state index contributed by atoms with van der Waals surface area (Å²) in [5.74, 6) is 0.681. The molecule has 0 unspecified atom stereocenters. The first kappa shape index (κ1) is 31.0.